The highest BCUT2D eigenvalue weighted by atomic mass is 32.2. The number of ether oxygens (including phenoxy) is 1. The van der Waals surface area contributed by atoms with Crippen LogP contribution < -0.4 is 15.3 Å². The van der Waals surface area contributed by atoms with Crippen LogP contribution in [0.1, 0.15) is 0 Å². The smallest absolute Gasteiger partial charge is 0.323 e. The van der Waals surface area contributed by atoms with Crippen LogP contribution in [0.5, 0.6) is 5.75 Å². The summed E-state index contributed by atoms with van der Waals surface area (Å²) >= 11 is 0. The van der Waals surface area contributed by atoms with Gasteiger partial charge in [-0.2, -0.15) is 0 Å². The van der Waals surface area contributed by atoms with Crippen molar-refractivity contribution in [1.29, 1.82) is 0 Å². The van der Waals surface area contributed by atoms with Crippen molar-refractivity contribution >= 4 is 21.1 Å². The first-order chi connectivity index (χ1) is 11.5. The lowest BCUT2D eigenvalue weighted by atomic mass is 10.3. The molecule has 0 saturated heterocycles. The Morgan fingerprint density at radius 1 is 0.958 bits per heavy atom. The maximum atomic E-state index is 12.1. The summed E-state index contributed by atoms with van der Waals surface area (Å²) < 4.78 is 29.7. The molecule has 0 spiro atoms. The third kappa shape index (κ3) is 3.82. The highest BCUT2D eigenvalue weighted by Crippen LogP contribution is 2.14. The second kappa shape index (κ2) is 6.87. The van der Waals surface area contributed by atoms with Gasteiger partial charge in [0.05, 0.1) is 15.9 Å². The molecule has 8 nitrogen and oxygen atoms in total. The second-order valence-corrected chi connectivity index (χ2v) is 6.53. The SMILES string of the molecule is O=c1[nH]c2ccc(S(=O)(=O)NOCCOc3ccccc3)cc2[nH]1. The first-order valence-electron chi connectivity index (χ1n) is 7.08. The topological polar surface area (TPSA) is 113 Å². The number of nitrogens with one attached hydrogen (secondary N) is 3. The fourth-order valence-electron chi connectivity index (χ4n) is 2.06. The zero-order chi connectivity index (χ0) is 17.0. The average Bonchev–Trinajstić information content (AvgIpc) is 2.94. The normalized spacial score (nSPS) is 11.7. The van der Waals surface area contributed by atoms with Gasteiger partial charge in [-0.15, -0.1) is 0 Å². The van der Waals surface area contributed by atoms with Crippen LogP contribution >= 0.6 is 0 Å². The summed E-state index contributed by atoms with van der Waals surface area (Å²) in [6, 6.07) is 13.3. The lowest BCUT2D eigenvalue weighted by Gasteiger charge is -2.08. The molecule has 3 rings (SSSR count). The van der Waals surface area contributed by atoms with Gasteiger partial charge in [0, 0.05) is 0 Å². The van der Waals surface area contributed by atoms with Gasteiger partial charge in [-0.05, 0) is 30.3 Å². The van der Waals surface area contributed by atoms with Crippen LogP contribution in [0.2, 0.25) is 0 Å². The number of aromatic amines is 2. The van der Waals surface area contributed by atoms with E-state index in [9.17, 15) is 13.2 Å². The molecule has 9 heteroatoms. The third-order valence-electron chi connectivity index (χ3n) is 3.16. The van der Waals surface area contributed by atoms with Gasteiger partial charge >= 0.3 is 5.69 Å². The standard InChI is InChI=1S/C15H15N3O5S/c19-15-16-13-7-6-12(10-14(13)17-15)24(20,21)18-23-9-8-22-11-4-2-1-3-5-11/h1-7,10,18H,8-9H2,(H2,16,17,19). The Morgan fingerprint density at radius 2 is 1.71 bits per heavy atom. The van der Waals surface area contributed by atoms with Crippen molar-refractivity contribution in [3.8, 4) is 5.75 Å². The van der Waals surface area contributed by atoms with E-state index in [0.717, 1.165) is 0 Å². The van der Waals surface area contributed by atoms with Crippen molar-refractivity contribution in [1.82, 2.24) is 14.9 Å². The minimum Gasteiger partial charge on any atom is -0.491 e. The third-order valence-corrected chi connectivity index (χ3v) is 4.38. The number of imidazole rings is 1. The summed E-state index contributed by atoms with van der Waals surface area (Å²) in [7, 11) is -3.85. The molecular formula is C15H15N3O5S. The van der Waals surface area contributed by atoms with Crippen LogP contribution in [0.3, 0.4) is 0 Å². The molecule has 0 unspecified atom stereocenters. The molecule has 24 heavy (non-hydrogen) atoms. The lowest BCUT2D eigenvalue weighted by Crippen LogP contribution is -2.26. The number of sulfonamides is 1. The lowest BCUT2D eigenvalue weighted by molar-refractivity contribution is 0.0665. The Morgan fingerprint density at radius 3 is 2.50 bits per heavy atom. The Kier molecular flexibility index (Phi) is 4.65. The first-order valence-corrected chi connectivity index (χ1v) is 8.56. The van der Waals surface area contributed by atoms with Gasteiger partial charge in [0.1, 0.15) is 19.0 Å². The Balaban J connectivity index is 1.56. The van der Waals surface area contributed by atoms with E-state index in [1.54, 1.807) is 12.1 Å². The fourth-order valence-corrected chi connectivity index (χ4v) is 2.92. The summed E-state index contributed by atoms with van der Waals surface area (Å²) in [6.45, 7) is 0.230. The second-order valence-electron chi connectivity index (χ2n) is 4.88. The van der Waals surface area contributed by atoms with Crippen LogP contribution in [0.15, 0.2) is 58.2 Å². The summed E-state index contributed by atoms with van der Waals surface area (Å²) in [5, 5.41) is 0. The molecule has 0 aliphatic rings. The van der Waals surface area contributed by atoms with E-state index < -0.39 is 15.7 Å². The van der Waals surface area contributed by atoms with Gasteiger partial charge in [-0.3, -0.25) is 4.84 Å². The molecule has 0 radical (unpaired) electrons. The molecule has 126 valence electrons. The molecule has 1 heterocycles. The van der Waals surface area contributed by atoms with Gasteiger partial charge in [0.25, 0.3) is 10.0 Å². The Labute approximate surface area is 137 Å². The fraction of sp³-hybridized carbons (Fsp3) is 0.133. The van der Waals surface area contributed by atoms with Gasteiger partial charge in [-0.1, -0.05) is 23.1 Å². The van der Waals surface area contributed by atoms with Gasteiger partial charge in [0.2, 0.25) is 0 Å². The van der Waals surface area contributed by atoms with E-state index in [2.05, 4.69) is 9.97 Å². The molecule has 0 aliphatic heterocycles. The highest BCUT2D eigenvalue weighted by molar-refractivity contribution is 7.89. The van der Waals surface area contributed by atoms with Gasteiger partial charge < -0.3 is 14.7 Å². The minimum atomic E-state index is -3.85. The number of hydrogen-bond acceptors (Lipinski definition) is 5. The minimum absolute atomic E-state index is 0.0192. The number of fused-ring (bicyclic) bond motifs is 1. The van der Waals surface area contributed by atoms with Gasteiger partial charge in [-0.25, -0.2) is 13.2 Å². The van der Waals surface area contributed by atoms with Crippen molar-refractivity contribution in [2.45, 2.75) is 4.90 Å². The maximum absolute atomic E-state index is 12.1. The molecule has 0 atom stereocenters. The molecular weight excluding hydrogens is 334 g/mol. The van der Waals surface area contributed by atoms with Crippen molar-refractivity contribution in [2.24, 2.45) is 0 Å². The molecule has 0 fully saturated rings. The van der Waals surface area contributed by atoms with E-state index in [1.807, 2.05) is 23.1 Å². The average molecular weight is 349 g/mol. The monoisotopic (exact) mass is 349 g/mol. The number of aromatic nitrogens is 2. The highest BCUT2D eigenvalue weighted by Gasteiger charge is 2.15. The molecule has 3 aromatic rings. The van der Waals surface area contributed by atoms with E-state index in [-0.39, 0.29) is 18.1 Å². The van der Waals surface area contributed by atoms with Crippen molar-refractivity contribution in [2.75, 3.05) is 13.2 Å². The zero-order valence-electron chi connectivity index (χ0n) is 12.5. The predicted molar refractivity (Wildman–Crippen MR) is 87.1 cm³/mol. The number of benzene rings is 2. The van der Waals surface area contributed by atoms with Crippen molar-refractivity contribution in [3.05, 3.63) is 59.0 Å². The van der Waals surface area contributed by atoms with Gasteiger partial charge in [0.15, 0.2) is 0 Å². The van der Waals surface area contributed by atoms with Crippen LogP contribution in [0.4, 0.5) is 0 Å². The molecule has 0 amide bonds. The first kappa shape index (κ1) is 16.2. The summed E-state index contributed by atoms with van der Waals surface area (Å²) in [5.74, 6) is 0.672. The summed E-state index contributed by atoms with van der Waals surface area (Å²) in [6.07, 6.45) is 0. The van der Waals surface area contributed by atoms with Crippen LogP contribution in [0.25, 0.3) is 11.0 Å². The van der Waals surface area contributed by atoms with E-state index in [0.29, 0.717) is 16.8 Å². The molecule has 3 N–H and O–H groups in total. The van der Waals surface area contributed by atoms with Crippen molar-refractivity contribution < 1.29 is 18.0 Å². The summed E-state index contributed by atoms with van der Waals surface area (Å²) in [5.41, 5.74) is 0.522. The molecule has 0 bridgehead atoms. The molecule has 0 saturated carbocycles. The van der Waals surface area contributed by atoms with Crippen LogP contribution in [-0.2, 0) is 14.9 Å². The Hall–Kier alpha value is -2.62. The van der Waals surface area contributed by atoms with E-state index in [4.69, 9.17) is 9.57 Å². The number of hydrogen-bond donors (Lipinski definition) is 3. The Bertz CT molecular complexity index is 979. The number of rotatable bonds is 7. The van der Waals surface area contributed by atoms with Crippen LogP contribution in [0, 0.1) is 0 Å². The van der Waals surface area contributed by atoms with E-state index >= 15 is 0 Å². The quantitative estimate of drug-likeness (QED) is 0.437. The molecule has 0 aliphatic carbocycles. The maximum Gasteiger partial charge on any atom is 0.323 e. The summed E-state index contributed by atoms with van der Waals surface area (Å²) in [4.78, 5) is 23.2. The molecule has 1 aromatic heterocycles. The van der Waals surface area contributed by atoms with Crippen molar-refractivity contribution in [3.63, 3.8) is 0 Å². The van der Waals surface area contributed by atoms with Crippen LogP contribution in [-0.4, -0.2) is 31.6 Å². The zero-order valence-corrected chi connectivity index (χ0v) is 13.3. The molecule has 2 aromatic carbocycles. The van der Waals surface area contributed by atoms with E-state index in [1.165, 1.54) is 18.2 Å². The largest absolute Gasteiger partial charge is 0.491 e. The predicted octanol–water partition coefficient (Wildman–Crippen LogP) is 1.15. The number of H-pyrrole nitrogens is 2. The number of para-hydroxylation sites is 1.